The van der Waals surface area contributed by atoms with E-state index in [9.17, 15) is 35.6 Å². The van der Waals surface area contributed by atoms with Gasteiger partial charge in [-0.2, -0.15) is 16.8 Å². The minimum absolute atomic E-state index is 0.00791. The van der Waals surface area contributed by atoms with Gasteiger partial charge < -0.3 is 34.9 Å². The van der Waals surface area contributed by atoms with Gasteiger partial charge in [0, 0.05) is 76.1 Å². The van der Waals surface area contributed by atoms with Crippen LogP contribution in [0.5, 0.6) is 5.75 Å². The number of hydrogen-bond acceptors (Lipinski definition) is 11. The SMILES string of the molecule is O=C(NCCCN1CCCC1=O)Nc1nc2ccc(OS(=O)(=O)c3ccc(NCCCN4CCCC4=O)cc3)cc2[nH]1.O=S(=O)(O)c1ccc(NCc2ccc(F)cc2)cc1. The van der Waals surface area contributed by atoms with Gasteiger partial charge in [-0.1, -0.05) is 12.1 Å². The molecule has 61 heavy (non-hydrogen) atoms. The van der Waals surface area contributed by atoms with Crippen molar-refractivity contribution in [2.75, 3.05) is 55.2 Å². The second kappa shape index (κ2) is 20.3. The molecule has 4 aromatic carbocycles. The first kappa shape index (κ1) is 44.3. The molecule has 0 aliphatic carbocycles. The standard InChI is InChI=1S/C28H35N7O6S.C13H12FNO3S/c36-25-5-1-15-34(25)17-3-13-29-20-7-10-22(11-8-20)42(39,40)41-21-9-12-23-24(19-21)32-27(31-23)33-28(38)30-14-4-18-35-16-2-6-26(35)37;14-11-3-1-10(2-4-11)9-15-12-5-7-13(8-6-12)19(16,17)18/h7-12,19,29H,1-6,13-18H2,(H3,30,31,32,33,38);1-8,15H,9H2,(H,16,17,18). The number of halogens is 1. The van der Waals surface area contributed by atoms with Gasteiger partial charge in [-0.3, -0.25) is 19.5 Å². The molecule has 7 rings (SSSR count). The highest BCUT2D eigenvalue weighted by atomic mass is 32.2. The van der Waals surface area contributed by atoms with Gasteiger partial charge in [-0.05, 0) is 104 Å². The summed E-state index contributed by atoms with van der Waals surface area (Å²) in [6, 6.07) is 22.2. The number of amides is 4. The van der Waals surface area contributed by atoms with Gasteiger partial charge in [0.2, 0.25) is 17.8 Å². The van der Waals surface area contributed by atoms with E-state index in [0.717, 1.165) is 43.6 Å². The molecule has 1 aromatic heterocycles. The van der Waals surface area contributed by atoms with Crippen LogP contribution in [0, 0.1) is 5.82 Å². The van der Waals surface area contributed by atoms with Crippen molar-refractivity contribution in [2.24, 2.45) is 0 Å². The number of anilines is 3. The Bertz CT molecular complexity index is 2520. The van der Waals surface area contributed by atoms with Crippen LogP contribution in [0.1, 0.15) is 44.1 Å². The van der Waals surface area contributed by atoms with Gasteiger partial charge in [0.05, 0.1) is 15.9 Å². The fourth-order valence-corrected chi connectivity index (χ4v) is 7.97. The maximum atomic E-state index is 12.9. The summed E-state index contributed by atoms with van der Waals surface area (Å²) in [6.45, 7) is 4.47. The van der Waals surface area contributed by atoms with E-state index in [-0.39, 0.29) is 39.1 Å². The first-order valence-electron chi connectivity index (χ1n) is 19.7. The lowest BCUT2D eigenvalue weighted by atomic mass is 10.2. The average molecular weight is 879 g/mol. The summed E-state index contributed by atoms with van der Waals surface area (Å²) in [4.78, 5) is 46.4. The number of urea groups is 1. The third-order valence-corrected chi connectivity index (χ3v) is 11.9. The van der Waals surface area contributed by atoms with E-state index < -0.39 is 26.3 Å². The number of nitrogens with one attached hydrogen (secondary N) is 5. The van der Waals surface area contributed by atoms with E-state index in [1.807, 2.05) is 4.90 Å². The number of benzene rings is 4. The van der Waals surface area contributed by atoms with Crippen LogP contribution >= 0.6 is 0 Å². The topological polar surface area (TPSA) is 232 Å². The zero-order valence-electron chi connectivity index (χ0n) is 33.1. The van der Waals surface area contributed by atoms with Gasteiger partial charge in [0.15, 0.2) is 0 Å². The molecule has 324 valence electrons. The van der Waals surface area contributed by atoms with E-state index in [1.54, 1.807) is 47.4 Å². The van der Waals surface area contributed by atoms with Gasteiger partial charge in [-0.15, -0.1) is 0 Å². The van der Waals surface area contributed by atoms with E-state index >= 15 is 0 Å². The number of imidazole rings is 1. The normalized spacial score (nSPS) is 14.1. The molecule has 0 saturated carbocycles. The zero-order valence-corrected chi connectivity index (χ0v) is 34.7. The molecule has 3 heterocycles. The molecule has 0 bridgehead atoms. The minimum Gasteiger partial charge on any atom is -0.385 e. The summed E-state index contributed by atoms with van der Waals surface area (Å²) >= 11 is 0. The number of likely N-dealkylation sites (tertiary alicyclic amines) is 2. The fraction of sp³-hybridized carbons (Fsp3) is 0.317. The van der Waals surface area contributed by atoms with Crippen molar-refractivity contribution in [2.45, 2.75) is 54.9 Å². The van der Waals surface area contributed by atoms with Crippen LogP contribution in [0.2, 0.25) is 0 Å². The molecule has 5 aromatic rings. The number of carbonyl (C=O) groups is 3. The number of carbonyl (C=O) groups excluding carboxylic acids is 3. The van der Waals surface area contributed by atoms with Crippen LogP contribution in [-0.2, 0) is 36.4 Å². The van der Waals surface area contributed by atoms with Gasteiger partial charge in [0.1, 0.15) is 16.5 Å². The minimum atomic E-state index is -4.16. The first-order valence-corrected chi connectivity index (χ1v) is 22.5. The molecule has 2 saturated heterocycles. The number of hydrogen-bond donors (Lipinski definition) is 6. The number of nitrogens with zero attached hydrogens (tertiary/aromatic N) is 3. The first-order chi connectivity index (χ1) is 29.2. The van der Waals surface area contributed by atoms with Crippen molar-refractivity contribution >= 4 is 66.4 Å². The van der Waals surface area contributed by atoms with Crippen molar-refractivity contribution in [3.05, 3.63) is 102 Å². The van der Waals surface area contributed by atoms with Crippen LogP contribution in [-0.4, -0.2) is 98.3 Å². The van der Waals surface area contributed by atoms with Gasteiger partial charge in [0.25, 0.3) is 10.1 Å². The number of H-pyrrole nitrogens is 1. The maximum Gasteiger partial charge on any atom is 0.339 e. The zero-order chi connectivity index (χ0) is 43.4. The predicted molar refractivity (Wildman–Crippen MR) is 227 cm³/mol. The lowest BCUT2D eigenvalue weighted by molar-refractivity contribution is -0.128. The average Bonchev–Trinajstić information content (AvgIpc) is 3.96. The molecule has 0 spiro atoms. The largest absolute Gasteiger partial charge is 0.385 e. The Morgan fingerprint density at radius 1 is 0.770 bits per heavy atom. The number of aromatic nitrogens is 2. The summed E-state index contributed by atoms with van der Waals surface area (Å²) in [5, 5.41) is 11.7. The van der Waals surface area contributed by atoms with Crippen molar-refractivity contribution in [1.29, 1.82) is 0 Å². The van der Waals surface area contributed by atoms with E-state index in [4.69, 9.17) is 8.74 Å². The smallest absolute Gasteiger partial charge is 0.339 e. The summed E-state index contributed by atoms with van der Waals surface area (Å²) in [7, 11) is -8.25. The molecule has 2 aliphatic rings. The van der Waals surface area contributed by atoms with Gasteiger partial charge in [-0.25, -0.2) is 14.2 Å². The highest BCUT2D eigenvalue weighted by molar-refractivity contribution is 7.87. The van der Waals surface area contributed by atoms with Crippen molar-refractivity contribution in [3.63, 3.8) is 0 Å². The van der Waals surface area contributed by atoms with Crippen LogP contribution in [0.4, 0.5) is 26.5 Å². The molecule has 0 radical (unpaired) electrons. The summed E-state index contributed by atoms with van der Waals surface area (Å²) in [6.07, 6.45) is 4.47. The highest BCUT2D eigenvalue weighted by Gasteiger charge is 2.21. The third kappa shape index (κ3) is 13.1. The second-order valence-corrected chi connectivity index (χ2v) is 17.3. The van der Waals surface area contributed by atoms with E-state index in [0.29, 0.717) is 68.7 Å². The molecule has 17 nitrogen and oxygen atoms in total. The van der Waals surface area contributed by atoms with Crippen LogP contribution in [0.15, 0.2) is 101 Å². The van der Waals surface area contributed by atoms with Crippen molar-refractivity contribution in [1.82, 2.24) is 25.1 Å². The molecular formula is C41H47FN8O9S2. The Kier molecular flexibility index (Phi) is 14.8. The lowest BCUT2D eigenvalue weighted by Gasteiger charge is -2.15. The monoisotopic (exact) mass is 878 g/mol. The molecule has 2 aliphatic heterocycles. The summed E-state index contributed by atoms with van der Waals surface area (Å²) in [5.74, 6) is 0.366. The maximum absolute atomic E-state index is 12.9. The lowest BCUT2D eigenvalue weighted by Crippen LogP contribution is -2.33. The Balaban J connectivity index is 0.000000273. The molecule has 0 unspecified atom stereocenters. The molecular weight excluding hydrogens is 832 g/mol. The second-order valence-electron chi connectivity index (χ2n) is 14.3. The van der Waals surface area contributed by atoms with E-state index in [1.165, 1.54) is 48.5 Å². The number of fused-ring (bicyclic) bond motifs is 1. The number of rotatable bonds is 17. The number of aromatic amines is 1. The van der Waals surface area contributed by atoms with Crippen molar-refractivity contribution in [3.8, 4) is 5.75 Å². The van der Waals surface area contributed by atoms with Crippen LogP contribution < -0.4 is 25.5 Å². The Morgan fingerprint density at radius 2 is 1.36 bits per heavy atom. The predicted octanol–water partition coefficient (Wildman–Crippen LogP) is 5.57. The molecule has 0 atom stereocenters. The Labute approximate surface area is 352 Å². The molecule has 20 heteroatoms. The fourth-order valence-electron chi connectivity index (χ4n) is 6.57. The van der Waals surface area contributed by atoms with Crippen molar-refractivity contribution < 1.29 is 44.3 Å². The van der Waals surface area contributed by atoms with Crippen LogP contribution in [0.3, 0.4) is 0 Å². The molecule has 6 N–H and O–H groups in total. The molecule has 2 fully saturated rings. The Hall–Kier alpha value is -6.25. The quantitative estimate of drug-likeness (QED) is 0.0382. The summed E-state index contributed by atoms with van der Waals surface area (Å²) in [5.41, 5.74) is 3.39. The van der Waals surface area contributed by atoms with Gasteiger partial charge >= 0.3 is 16.1 Å². The highest BCUT2D eigenvalue weighted by Crippen LogP contribution is 2.25. The Morgan fingerprint density at radius 3 is 1.95 bits per heavy atom. The molecule has 4 amide bonds. The third-order valence-electron chi connectivity index (χ3n) is 9.76. The summed E-state index contributed by atoms with van der Waals surface area (Å²) < 4.78 is 74.3. The van der Waals surface area contributed by atoms with Crippen LogP contribution in [0.25, 0.3) is 11.0 Å². The van der Waals surface area contributed by atoms with E-state index in [2.05, 4.69) is 31.2 Å².